The molecule has 7 heteroatoms. The molecule has 2 amide bonds. The minimum absolute atomic E-state index is 0.169. The van der Waals surface area contributed by atoms with E-state index in [-0.39, 0.29) is 42.4 Å². The van der Waals surface area contributed by atoms with Crippen LogP contribution >= 0.6 is 0 Å². The molecule has 0 radical (unpaired) electrons. The van der Waals surface area contributed by atoms with E-state index in [0.29, 0.717) is 11.1 Å². The van der Waals surface area contributed by atoms with Crippen LogP contribution in [0.25, 0.3) is 0 Å². The Bertz CT molecular complexity index is 1140. The van der Waals surface area contributed by atoms with Gasteiger partial charge in [0.05, 0.1) is 0 Å². The van der Waals surface area contributed by atoms with E-state index in [0.717, 1.165) is 20.3 Å². The fourth-order valence-corrected chi connectivity index (χ4v) is 6.95. The van der Waals surface area contributed by atoms with E-state index in [1.807, 2.05) is 97.1 Å². The summed E-state index contributed by atoms with van der Waals surface area (Å²) in [4.78, 5) is 25.6. The van der Waals surface area contributed by atoms with Gasteiger partial charge in [-0.3, -0.25) is 0 Å². The predicted octanol–water partition coefficient (Wildman–Crippen LogP) is 3.40. The molecule has 5 nitrogen and oxygen atoms in total. The summed E-state index contributed by atoms with van der Waals surface area (Å²) in [5.41, 5.74) is 2.67. The number of carbonyl (C=O) groups excluding carboxylic acids is 2. The first-order valence-electron chi connectivity index (χ1n) is 10.1. The molecule has 0 saturated heterocycles. The number of nitrogens with one attached hydrogen (secondary N) is 2. The monoisotopic (exact) mass is 568 g/mol. The molecular weight excluding hydrogens is 546 g/mol. The average Bonchev–Trinajstić information content (AvgIpc) is 2.86. The molecule has 0 aromatic heterocycles. The molecule has 4 rings (SSSR count). The molecule has 0 aliphatic heterocycles. The SMILES string of the molecule is O=C(Nc1ccccc1)c1ccccc1[Se]O[Se]c1ccccc1C(=O)Nc1ccccc1. The summed E-state index contributed by atoms with van der Waals surface area (Å²) in [5.74, 6) is -0.338. The van der Waals surface area contributed by atoms with Crippen molar-refractivity contribution < 1.29 is 12.5 Å². The Kier molecular flexibility index (Phi) is 8.09. The van der Waals surface area contributed by atoms with Crippen molar-refractivity contribution in [1.29, 1.82) is 0 Å². The van der Waals surface area contributed by atoms with Crippen LogP contribution in [-0.2, 0) is 2.90 Å². The first-order valence-corrected chi connectivity index (χ1v) is 13.2. The molecule has 0 aliphatic rings. The Hall–Kier alpha value is -3.18. The molecule has 0 fully saturated rings. The Balaban J connectivity index is 1.41. The van der Waals surface area contributed by atoms with Crippen LogP contribution in [0.4, 0.5) is 11.4 Å². The average molecular weight is 566 g/mol. The van der Waals surface area contributed by atoms with E-state index in [1.165, 1.54) is 0 Å². The summed E-state index contributed by atoms with van der Waals surface area (Å²) in [6.07, 6.45) is 0. The summed E-state index contributed by atoms with van der Waals surface area (Å²) in [6.45, 7) is 0. The van der Waals surface area contributed by atoms with E-state index >= 15 is 0 Å². The van der Waals surface area contributed by atoms with Crippen molar-refractivity contribution >= 4 is 62.7 Å². The number of anilines is 2. The van der Waals surface area contributed by atoms with Crippen molar-refractivity contribution in [2.45, 2.75) is 0 Å². The van der Waals surface area contributed by atoms with Gasteiger partial charge in [0, 0.05) is 0 Å². The Labute approximate surface area is 205 Å². The molecule has 0 bridgehead atoms. The standard InChI is InChI=1S/C26H20N2O3Se2/c29-25(27-19-11-3-1-4-12-19)21-15-7-9-17-23(21)32-31-33-24-18-10-8-16-22(24)26(30)28-20-13-5-2-6-14-20/h1-18H,(H,27,29)(H,28,30). The van der Waals surface area contributed by atoms with E-state index < -0.39 is 0 Å². The number of hydrogen-bond acceptors (Lipinski definition) is 3. The summed E-state index contributed by atoms with van der Waals surface area (Å²) in [7, 11) is 0. The Morgan fingerprint density at radius 1 is 0.515 bits per heavy atom. The van der Waals surface area contributed by atoms with Gasteiger partial charge >= 0.3 is 206 Å². The van der Waals surface area contributed by atoms with Crippen LogP contribution in [0.5, 0.6) is 0 Å². The first-order chi connectivity index (χ1) is 16.2. The summed E-state index contributed by atoms with van der Waals surface area (Å²) < 4.78 is 7.76. The molecule has 0 spiro atoms. The van der Waals surface area contributed by atoms with Gasteiger partial charge in [0.2, 0.25) is 0 Å². The van der Waals surface area contributed by atoms with Gasteiger partial charge in [-0.1, -0.05) is 0 Å². The van der Waals surface area contributed by atoms with Gasteiger partial charge in [0.15, 0.2) is 0 Å². The second-order valence-corrected chi connectivity index (χ2v) is 11.2. The van der Waals surface area contributed by atoms with Crippen LogP contribution < -0.4 is 19.6 Å². The van der Waals surface area contributed by atoms with Gasteiger partial charge in [-0.25, -0.2) is 0 Å². The fraction of sp³-hybridized carbons (Fsp3) is 0. The number of rotatable bonds is 8. The second-order valence-electron chi connectivity index (χ2n) is 6.87. The maximum atomic E-state index is 12.8. The molecule has 0 aliphatic carbocycles. The first kappa shape index (κ1) is 23.0. The van der Waals surface area contributed by atoms with Gasteiger partial charge in [0.1, 0.15) is 0 Å². The molecule has 4 aromatic carbocycles. The zero-order valence-corrected chi connectivity index (χ0v) is 20.9. The Morgan fingerprint density at radius 3 is 1.30 bits per heavy atom. The molecule has 33 heavy (non-hydrogen) atoms. The number of carbonyl (C=O) groups is 2. The maximum absolute atomic E-state index is 12.8. The molecule has 2 N–H and O–H groups in total. The van der Waals surface area contributed by atoms with E-state index in [9.17, 15) is 9.59 Å². The van der Waals surface area contributed by atoms with E-state index in [2.05, 4.69) is 10.6 Å². The third-order valence-corrected chi connectivity index (χ3v) is 8.59. The van der Waals surface area contributed by atoms with Gasteiger partial charge < -0.3 is 0 Å². The molecular formula is C26H20N2O3Se2. The van der Waals surface area contributed by atoms with Crippen LogP contribution in [0.1, 0.15) is 20.7 Å². The summed E-state index contributed by atoms with van der Waals surface area (Å²) in [5, 5.41) is 5.84. The number of amides is 2. The van der Waals surface area contributed by atoms with E-state index in [4.69, 9.17) is 2.90 Å². The minimum atomic E-state index is -0.381. The predicted molar refractivity (Wildman–Crippen MR) is 134 cm³/mol. The molecule has 0 atom stereocenters. The molecule has 0 saturated carbocycles. The van der Waals surface area contributed by atoms with Crippen molar-refractivity contribution in [2.75, 3.05) is 10.6 Å². The quantitative estimate of drug-likeness (QED) is 0.322. The topological polar surface area (TPSA) is 67.4 Å². The van der Waals surface area contributed by atoms with Crippen LogP contribution in [0.3, 0.4) is 0 Å². The van der Waals surface area contributed by atoms with Gasteiger partial charge in [-0.05, 0) is 0 Å². The zero-order valence-electron chi connectivity index (χ0n) is 17.4. The van der Waals surface area contributed by atoms with Crippen LogP contribution in [0, 0.1) is 0 Å². The normalized spacial score (nSPS) is 10.4. The number of para-hydroxylation sites is 2. The number of benzene rings is 4. The summed E-state index contributed by atoms with van der Waals surface area (Å²) in [6, 6.07) is 33.6. The van der Waals surface area contributed by atoms with Crippen LogP contribution in [-0.4, -0.2) is 42.4 Å². The van der Waals surface area contributed by atoms with Crippen LogP contribution in [0.15, 0.2) is 109 Å². The van der Waals surface area contributed by atoms with Gasteiger partial charge in [-0.15, -0.1) is 0 Å². The van der Waals surface area contributed by atoms with Crippen LogP contribution in [0.2, 0.25) is 0 Å². The molecule has 164 valence electrons. The van der Waals surface area contributed by atoms with Gasteiger partial charge in [-0.2, -0.15) is 0 Å². The van der Waals surface area contributed by atoms with Crippen molar-refractivity contribution in [3.63, 3.8) is 0 Å². The fourth-order valence-electron chi connectivity index (χ4n) is 2.98. The van der Waals surface area contributed by atoms with Crippen molar-refractivity contribution in [1.82, 2.24) is 0 Å². The second kappa shape index (κ2) is 11.6. The Morgan fingerprint density at radius 2 is 0.879 bits per heavy atom. The van der Waals surface area contributed by atoms with Crippen molar-refractivity contribution in [3.05, 3.63) is 120 Å². The zero-order chi connectivity index (χ0) is 22.9. The van der Waals surface area contributed by atoms with Gasteiger partial charge in [0.25, 0.3) is 0 Å². The summed E-state index contributed by atoms with van der Waals surface area (Å²) >= 11 is -0.763. The third kappa shape index (κ3) is 6.42. The number of hydrogen-bond donors (Lipinski definition) is 2. The molecule has 0 heterocycles. The third-order valence-electron chi connectivity index (χ3n) is 4.57. The van der Waals surface area contributed by atoms with E-state index in [1.54, 1.807) is 12.1 Å². The van der Waals surface area contributed by atoms with Crippen molar-refractivity contribution in [3.8, 4) is 0 Å². The molecule has 4 aromatic rings. The molecule has 0 unspecified atom stereocenters. The van der Waals surface area contributed by atoms with Crippen molar-refractivity contribution in [2.24, 2.45) is 0 Å².